The van der Waals surface area contributed by atoms with Crippen molar-refractivity contribution in [2.24, 2.45) is 0 Å². The summed E-state index contributed by atoms with van der Waals surface area (Å²) >= 11 is 0. The maximum Gasteiger partial charge on any atom is 0.156 e. The number of hydrogen-bond acceptors (Lipinski definition) is 3. The van der Waals surface area contributed by atoms with E-state index in [0.29, 0.717) is 5.92 Å². The van der Waals surface area contributed by atoms with Gasteiger partial charge >= 0.3 is 0 Å². The average molecular weight is 186 g/mol. The SMILES string of the molecule is c1cnn(-c2cc(C3CC3)ncn2)c1. The molecule has 70 valence electrons. The summed E-state index contributed by atoms with van der Waals surface area (Å²) in [5, 5.41) is 4.13. The van der Waals surface area contributed by atoms with Crippen molar-refractivity contribution in [2.75, 3.05) is 0 Å². The first-order chi connectivity index (χ1) is 6.93. The van der Waals surface area contributed by atoms with Crippen molar-refractivity contribution in [3.05, 3.63) is 36.5 Å². The first-order valence-corrected chi connectivity index (χ1v) is 4.75. The van der Waals surface area contributed by atoms with Crippen molar-refractivity contribution in [1.29, 1.82) is 0 Å². The topological polar surface area (TPSA) is 43.6 Å². The molecule has 1 saturated carbocycles. The molecule has 3 rings (SSSR count). The van der Waals surface area contributed by atoms with E-state index >= 15 is 0 Å². The molecule has 2 aromatic rings. The van der Waals surface area contributed by atoms with Crippen LogP contribution in [0, 0.1) is 0 Å². The summed E-state index contributed by atoms with van der Waals surface area (Å²) in [6.45, 7) is 0. The molecule has 0 unspecified atom stereocenters. The third-order valence-corrected chi connectivity index (χ3v) is 2.41. The molecule has 0 bridgehead atoms. The molecular weight excluding hydrogens is 176 g/mol. The van der Waals surface area contributed by atoms with Gasteiger partial charge in [0.2, 0.25) is 0 Å². The Morgan fingerprint density at radius 2 is 2.21 bits per heavy atom. The van der Waals surface area contributed by atoms with Gasteiger partial charge in [0.25, 0.3) is 0 Å². The molecular formula is C10H10N4. The van der Waals surface area contributed by atoms with Gasteiger partial charge in [-0.3, -0.25) is 0 Å². The Morgan fingerprint density at radius 3 is 2.93 bits per heavy atom. The minimum atomic E-state index is 0.660. The van der Waals surface area contributed by atoms with E-state index in [4.69, 9.17) is 0 Å². The highest BCUT2D eigenvalue weighted by Gasteiger charge is 2.25. The van der Waals surface area contributed by atoms with Gasteiger partial charge < -0.3 is 0 Å². The lowest BCUT2D eigenvalue weighted by molar-refractivity contribution is 0.827. The number of hydrogen-bond donors (Lipinski definition) is 0. The highest BCUT2D eigenvalue weighted by Crippen LogP contribution is 2.38. The second-order valence-corrected chi connectivity index (χ2v) is 3.53. The third-order valence-electron chi connectivity index (χ3n) is 2.41. The zero-order valence-corrected chi connectivity index (χ0v) is 7.67. The minimum Gasteiger partial charge on any atom is -0.241 e. The van der Waals surface area contributed by atoms with Crippen LogP contribution in [0.2, 0.25) is 0 Å². The van der Waals surface area contributed by atoms with Crippen LogP contribution < -0.4 is 0 Å². The van der Waals surface area contributed by atoms with E-state index in [2.05, 4.69) is 15.1 Å². The third kappa shape index (κ3) is 1.28. The summed E-state index contributed by atoms with van der Waals surface area (Å²) in [4.78, 5) is 8.44. The van der Waals surface area contributed by atoms with Gasteiger partial charge in [0.1, 0.15) is 6.33 Å². The molecule has 0 saturated heterocycles. The Balaban J connectivity index is 2.02. The standard InChI is InChI=1S/C10H10N4/c1-4-13-14(5-1)10-6-9(8-2-3-8)11-7-12-10/h1,4-8H,2-3H2. The van der Waals surface area contributed by atoms with Crippen molar-refractivity contribution in [1.82, 2.24) is 19.7 Å². The molecule has 4 nitrogen and oxygen atoms in total. The van der Waals surface area contributed by atoms with Crippen LogP contribution in [-0.2, 0) is 0 Å². The normalized spacial score (nSPS) is 15.7. The van der Waals surface area contributed by atoms with Crippen LogP contribution in [0.15, 0.2) is 30.9 Å². The second-order valence-electron chi connectivity index (χ2n) is 3.53. The number of nitrogens with zero attached hydrogens (tertiary/aromatic N) is 4. The molecule has 2 aromatic heterocycles. The van der Waals surface area contributed by atoms with E-state index in [9.17, 15) is 0 Å². The highest BCUT2D eigenvalue weighted by atomic mass is 15.3. The van der Waals surface area contributed by atoms with Crippen LogP contribution in [-0.4, -0.2) is 19.7 Å². The molecule has 0 aliphatic heterocycles. The maximum absolute atomic E-state index is 4.26. The molecule has 0 spiro atoms. The molecule has 14 heavy (non-hydrogen) atoms. The van der Waals surface area contributed by atoms with Gasteiger partial charge in [-0.2, -0.15) is 5.10 Å². The van der Waals surface area contributed by atoms with Gasteiger partial charge in [0, 0.05) is 30.1 Å². The lowest BCUT2D eigenvalue weighted by atomic mass is 10.3. The smallest absolute Gasteiger partial charge is 0.156 e. The van der Waals surface area contributed by atoms with Crippen molar-refractivity contribution in [3.8, 4) is 5.82 Å². The van der Waals surface area contributed by atoms with Gasteiger partial charge in [0.05, 0.1) is 0 Å². The van der Waals surface area contributed by atoms with E-state index in [-0.39, 0.29) is 0 Å². The monoisotopic (exact) mass is 186 g/mol. The zero-order valence-electron chi connectivity index (χ0n) is 7.67. The van der Waals surface area contributed by atoms with Crippen LogP contribution in [0.1, 0.15) is 24.5 Å². The Hall–Kier alpha value is -1.71. The molecule has 0 N–H and O–H groups in total. The van der Waals surface area contributed by atoms with Crippen LogP contribution in [0.4, 0.5) is 0 Å². The number of aromatic nitrogens is 4. The molecule has 0 radical (unpaired) electrons. The minimum absolute atomic E-state index is 0.660. The molecule has 0 aromatic carbocycles. The van der Waals surface area contributed by atoms with Crippen molar-refractivity contribution >= 4 is 0 Å². The predicted octanol–water partition coefficient (Wildman–Crippen LogP) is 1.54. The van der Waals surface area contributed by atoms with Gasteiger partial charge in [-0.1, -0.05) is 0 Å². The summed E-state index contributed by atoms with van der Waals surface area (Å²) in [7, 11) is 0. The Labute approximate surface area is 81.6 Å². The predicted molar refractivity (Wildman–Crippen MR) is 51.1 cm³/mol. The summed E-state index contributed by atoms with van der Waals surface area (Å²) < 4.78 is 1.76. The zero-order chi connectivity index (χ0) is 9.38. The highest BCUT2D eigenvalue weighted by molar-refractivity contribution is 5.26. The van der Waals surface area contributed by atoms with Crippen molar-refractivity contribution in [3.63, 3.8) is 0 Å². The molecule has 2 heterocycles. The van der Waals surface area contributed by atoms with Crippen LogP contribution in [0.25, 0.3) is 5.82 Å². The van der Waals surface area contributed by atoms with E-state index < -0.39 is 0 Å². The fraction of sp³-hybridized carbons (Fsp3) is 0.300. The molecule has 0 atom stereocenters. The number of rotatable bonds is 2. The van der Waals surface area contributed by atoms with Crippen LogP contribution in [0.5, 0.6) is 0 Å². The fourth-order valence-electron chi connectivity index (χ4n) is 1.49. The van der Waals surface area contributed by atoms with Crippen molar-refractivity contribution < 1.29 is 0 Å². The summed E-state index contributed by atoms with van der Waals surface area (Å²) in [5.74, 6) is 1.51. The van der Waals surface area contributed by atoms with E-state index in [1.165, 1.54) is 12.8 Å². The maximum atomic E-state index is 4.26. The Bertz CT molecular complexity index is 431. The van der Waals surface area contributed by atoms with Crippen LogP contribution in [0.3, 0.4) is 0 Å². The Kier molecular flexibility index (Phi) is 1.59. The van der Waals surface area contributed by atoms with E-state index in [1.807, 2.05) is 18.3 Å². The van der Waals surface area contributed by atoms with Crippen LogP contribution >= 0.6 is 0 Å². The first-order valence-electron chi connectivity index (χ1n) is 4.75. The van der Waals surface area contributed by atoms with Gasteiger partial charge in [-0.25, -0.2) is 14.6 Å². The van der Waals surface area contributed by atoms with E-state index in [1.54, 1.807) is 17.2 Å². The largest absolute Gasteiger partial charge is 0.241 e. The average Bonchev–Trinajstić information content (AvgIpc) is 2.94. The first kappa shape index (κ1) is 7.67. The van der Waals surface area contributed by atoms with Crippen molar-refractivity contribution in [2.45, 2.75) is 18.8 Å². The molecule has 0 amide bonds. The molecule has 1 fully saturated rings. The van der Waals surface area contributed by atoms with Gasteiger partial charge in [0.15, 0.2) is 5.82 Å². The summed E-state index contributed by atoms with van der Waals surface area (Å²) in [6.07, 6.45) is 7.77. The Morgan fingerprint density at radius 1 is 1.29 bits per heavy atom. The van der Waals surface area contributed by atoms with Gasteiger partial charge in [-0.05, 0) is 18.9 Å². The lowest BCUT2D eigenvalue weighted by Crippen LogP contribution is -2.00. The molecule has 1 aliphatic carbocycles. The lowest BCUT2D eigenvalue weighted by Gasteiger charge is -2.01. The molecule has 4 heteroatoms. The summed E-state index contributed by atoms with van der Waals surface area (Å²) in [6, 6.07) is 3.91. The van der Waals surface area contributed by atoms with Gasteiger partial charge in [-0.15, -0.1) is 0 Å². The summed E-state index contributed by atoms with van der Waals surface area (Å²) in [5.41, 5.74) is 1.14. The van der Waals surface area contributed by atoms with E-state index in [0.717, 1.165) is 11.5 Å². The fourth-order valence-corrected chi connectivity index (χ4v) is 1.49. The second kappa shape index (κ2) is 2.90. The quantitative estimate of drug-likeness (QED) is 0.714. The molecule has 1 aliphatic rings.